The van der Waals surface area contributed by atoms with Crippen LogP contribution in [0.2, 0.25) is 0 Å². The molecule has 2 N–H and O–H groups in total. The van der Waals surface area contributed by atoms with Gasteiger partial charge in [-0.1, -0.05) is 5.21 Å². The van der Waals surface area contributed by atoms with Crippen molar-refractivity contribution in [2.75, 3.05) is 13.1 Å². The number of nitrogens with zero attached hydrogens (tertiary/aromatic N) is 4. The smallest absolute Gasteiger partial charge is 0.253 e. The van der Waals surface area contributed by atoms with Crippen molar-refractivity contribution in [3.05, 3.63) is 47.9 Å². The number of carbonyl (C=O) groups excluding carboxylic acids is 1. The average Bonchev–Trinajstić information content (AvgIpc) is 3.32. The van der Waals surface area contributed by atoms with Gasteiger partial charge in [0.25, 0.3) is 5.91 Å². The van der Waals surface area contributed by atoms with Gasteiger partial charge in [-0.2, -0.15) is 0 Å². The number of aromatic amines is 1. The van der Waals surface area contributed by atoms with Crippen molar-refractivity contribution >= 4 is 16.8 Å². The summed E-state index contributed by atoms with van der Waals surface area (Å²) in [7, 11) is 0. The Morgan fingerprint density at radius 1 is 1.36 bits per heavy atom. The highest BCUT2D eigenvalue weighted by Crippen LogP contribution is 2.32. The third-order valence-corrected chi connectivity index (χ3v) is 4.85. The first kappa shape index (κ1) is 15.8. The first-order chi connectivity index (χ1) is 12.0. The lowest BCUT2D eigenvalue weighted by Crippen LogP contribution is -2.34. The van der Waals surface area contributed by atoms with Gasteiger partial charge in [0, 0.05) is 41.7 Å². The molecular weight excluding hydrogens is 318 g/mol. The third kappa shape index (κ3) is 2.70. The number of H-pyrrole nitrogens is 1. The van der Waals surface area contributed by atoms with E-state index in [1.807, 2.05) is 44.3 Å². The lowest BCUT2D eigenvalue weighted by Gasteiger charge is -2.21. The van der Waals surface area contributed by atoms with Crippen molar-refractivity contribution in [2.24, 2.45) is 0 Å². The normalized spacial score (nSPS) is 20.7. The van der Waals surface area contributed by atoms with Gasteiger partial charge in [0.2, 0.25) is 0 Å². The quantitative estimate of drug-likeness (QED) is 0.765. The van der Waals surface area contributed by atoms with Crippen molar-refractivity contribution in [3.63, 3.8) is 0 Å². The second-order valence-corrected chi connectivity index (χ2v) is 6.97. The van der Waals surface area contributed by atoms with Crippen LogP contribution in [-0.4, -0.2) is 49.0 Å². The standard InChI is InChI=1S/C18H21N5O2/c1-12(2)23-10-16(20-21-23)18(25)6-8-22(11-18)17(24)14-3-4-15-13(9-14)5-7-19-15/h3-5,7,9-10,12,19,25H,6,8,11H2,1-2H3. The fourth-order valence-corrected chi connectivity index (χ4v) is 3.29. The van der Waals surface area contributed by atoms with Gasteiger partial charge in [-0.25, -0.2) is 4.68 Å². The van der Waals surface area contributed by atoms with Crippen LogP contribution in [0, 0.1) is 0 Å². The van der Waals surface area contributed by atoms with Crippen LogP contribution in [0.25, 0.3) is 10.9 Å². The second kappa shape index (κ2) is 5.70. The van der Waals surface area contributed by atoms with Crippen LogP contribution in [-0.2, 0) is 5.60 Å². The molecule has 1 atom stereocenters. The topological polar surface area (TPSA) is 87.0 Å². The maximum Gasteiger partial charge on any atom is 0.253 e. The molecule has 1 aliphatic rings. The Bertz CT molecular complexity index is 928. The van der Waals surface area contributed by atoms with Crippen LogP contribution < -0.4 is 0 Å². The highest BCUT2D eigenvalue weighted by molar-refractivity contribution is 5.98. The number of likely N-dealkylation sites (tertiary alicyclic amines) is 1. The van der Waals surface area contributed by atoms with E-state index in [0.717, 1.165) is 10.9 Å². The number of rotatable bonds is 3. The Kier molecular flexibility index (Phi) is 3.61. The molecule has 0 bridgehead atoms. The molecule has 7 nitrogen and oxygen atoms in total. The maximum absolute atomic E-state index is 12.8. The number of hydrogen-bond donors (Lipinski definition) is 2. The molecule has 1 amide bonds. The predicted octanol–water partition coefficient (Wildman–Crippen LogP) is 2.07. The molecule has 130 valence electrons. The molecule has 3 aromatic rings. The minimum absolute atomic E-state index is 0.0738. The lowest BCUT2D eigenvalue weighted by molar-refractivity contribution is 0.0381. The van der Waals surface area contributed by atoms with E-state index in [1.165, 1.54) is 0 Å². The fraction of sp³-hybridized carbons (Fsp3) is 0.389. The van der Waals surface area contributed by atoms with Crippen LogP contribution in [0.3, 0.4) is 0 Å². The minimum atomic E-state index is -1.14. The molecule has 7 heteroatoms. The van der Waals surface area contributed by atoms with Crippen LogP contribution in [0.5, 0.6) is 0 Å². The monoisotopic (exact) mass is 339 g/mol. The molecule has 3 heterocycles. The number of β-amino-alcohol motifs (C(OH)–C–C–N with tert-alkyl or cyclic N) is 1. The zero-order valence-electron chi connectivity index (χ0n) is 14.3. The fourth-order valence-electron chi connectivity index (χ4n) is 3.29. The number of aliphatic hydroxyl groups is 1. The molecule has 1 unspecified atom stereocenters. The summed E-state index contributed by atoms with van der Waals surface area (Å²) in [6, 6.07) is 7.71. The van der Waals surface area contributed by atoms with Crippen molar-refractivity contribution in [1.29, 1.82) is 0 Å². The molecule has 0 saturated carbocycles. The number of nitrogens with one attached hydrogen (secondary N) is 1. The molecular formula is C18H21N5O2. The summed E-state index contributed by atoms with van der Waals surface area (Å²) in [4.78, 5) is 17.6. The van der Waals surface area contributed by atoms with Gasteiger partial charge < -0.3 is 15.0 Å². The van der Waals surface area contributed by atoms with Crippen LogP contribution in [0.15, 0.2) is 36.7 Å². The molecule has 1 saturated heterocycles. The molecule has 2 aromatic heterocycles. The Balaban J connectivity index is 1.55. The van der Waals surface area contributed by atoms with Gasteiger partial charge in [0.05, 0.1) is 12.7 Å². The molecule has 1 aromatic carbocycles. The highest BCUT2D eigenvalue weighted by atomic mass is 16.3. The number of carbonyl (C=O) groups is 1. The van der Waals surface area contributed by atoms with E-state index < -0.39 is 5.60 Å². The van der Waals surface area contributed by atoms with Gasteiger partial charge in [-0.05, 0) is 38.1 Å². The highest BCUT2D eigenvalue weighted by Gasteiger charge is 2.42. The van der Waals surface area contributed by atoms with Crippen molar-refractivity contribution < 1.29 is 9.90 Å². The second-order valence-electron chi connectivity index (χ2n) is 6.97. The number of aromatic nitrogens is 4. The SMILES string of the molecule is CC(C)n1cc(C2(O)CCN(C(=O)c3ccc4[nH]ccc4c3)C2)nn1. The average molecular weight is 339 g/mol. The number of benzene rings is 1. The van der Waals surface area contributed by atoms with E-state index in [1.54, 1.807) is 15.8 Å². The summed E-state index contributed by atoms with van der Waals surface area (Å²) in [5.74, 6) is -0.0738. The molecule has 25 heavy (non-hydrogen) atoms. The Morgan fingerprint density at radius 2 is 2.20 bits per heavy atom. The van der Waals surface area contributed by atoms with Crippen LogP contribution in [0.1, 0.15) is 42.4 Å². The van der Waals surface area contributed by atoms with E-state index in [2.05, 4.69) is 15.3 Å². The van der Waals surface area contributed by atoms with Gasteiger partial charge >= 0.3 is 0 Å². The minimum Gasteiger partial charge on any atom is -0.381 e. The van der Waals surface area contributed by atoms with Crippen LogP contribution >= 0.6 is 0 Å². The van der Waals surface area contributed by atoms with E-state index in [9.17, 15) is 9.90 Å². The summed E-state index contributed by atoms with van der Waals surface area (Å²) >= 11 is 0. The van der Waals surface area contributed by atoms with E-state index in [4.69, 9.17) is 0 Å². The zero-order chi connectivity index (χ0) is 17.6. The largest absolute Gasteiger partial charge is 0.381 e. The summed E-state index contributed by atoms with van der Waals surface area (Å²) in [6.07, 6.45) is 4.08. The number of amides is 1. The summed E-state index contributed by atoms with van der Waals surface area (Å²) in [6.45, 7) is 4.73. The summed E-state index contributed by atoms with van der Waals surface area (Å²) < 4.78 is 1.72. The Hall–Kier alpha value is -2.67. The Morgan fingerprint density at radius 3 is 2.96 bits per heavy atom. The molecule has 0 aliphatic carbocycles. The van der Waals surface area contributed by atoms with E-state index in [0.29, 0.717) is 24.2 Å². The predicted molar refractivity (Wildman–Crippen MR) is 93.1 cm³/mol. The van der Waals surface area contributed by atoms with Crippen LogP contribution in [0.4, 0.5) is 0 Å². The number of hydrogen-bond acceptors (Lipinski definition) is 4. The number of fused-ring (bicyclic) bond motifs is 1. The maximum atomic E-state index is 12.8. The van der Waals surface area contributed by atoms with E-state index in [-0.39, 0.29) is 18.5 Å². The first-order valence-electron chi connectivity index (χ1n) is 8.47. The zero-order valence-corrected chi connectivity index (χ0v) is 14.3. The molecule has 0 spiro atoms. The van der Waals surface area contributed by atoms with Gasteiger partial charge in [0.15, 0.2) is 0 Å². The van der Waals surface area contributed by atoms with Crippen molar-refractivity contribution in [2.45, 2.75) is 31.9 Å². The van der Waals surface area contributed by atoms with Gasteiger partial charge in [-0.15, -0.1) is 5.10 Å². The molecule has 1 aliphatic heterocycles. The van der Waals surface area contributed by atoms with Gasteiger partial charge in [0.1, 0.15) is 11.3 Å². The molecule has 1 fully saturated rings. The van der Waals surface area contributed by atoms with Crippen molar-refractivity contribution in [3.8, 4) is 0 Å². The molecule has 4 rings (SSSR count). The van der Waals surface area contributed by atoms with Crippen molar-refractivity contribution in [1.82, 2.24) is 24.9 Å². The third-order valence-electron chi connectivity index (χ3n) is 4.85. The lowest BCUT2D eigenvalue weighted by atomic mass is 10.00. The van der Waals surface area contributed by atoms with E-state index >= 15 is 0 Å². The first-order valence-corrected chi connectivity index (χ1v) is 8.47. The summed E-state index contributed by atoms with van der Waals surface area (Å²) in [5, 5.41) is 20.1. The Labute approximate surface area is 145 Å². The summed E-state index contributed by atoms with van der Waals surface area (Å²) in [5.41, 5.74) is 1.01. The van der Waals surface area contributed by atoms with Gasteiger partial charge in [-0.3, -0.25) is 4.79 Å². The molecule has 0 radical (unpaired) electrons.